The van der Waals surface area contributed by atoms with Crippen LogP contribution in [0.15, 0.2) is 5.38 Å². The Morgan fingerprint density at radius 3 is 2.57 bits per heavy atom. The van der Waals surface area contributed by atoms with E-state index in [0.29, 0.717) is 5.01 Å². The van der Waals surface area contributed by atoms with Crippen molar-refractivity contribution in [2.75, 3.05) is 21.3 Å². The molecule has 0 N–H and O–H groups in total. The molecule has 0 aliphatic rings. The van der Waals surface area contributed by atoms with Crippen molar-refractivity contribution in [3.8, 4) is 0 Å². The molecule has 0 saturated carbocycles. The molecule has 0 aliphatic carbocycles. The first-order valence-corrected chi connectivity index (χ1v) is 4.70. The predicted octanol–water partition coefficient (Wildman–Crippen LogP) is 1.22. The van der Waals surface area contributed by atoms with Crippen LogP contribution < -0.4 is 0 Å². The molecule has 0 aliphatic heterocycles. The summed E-state index contributed by atoms with van der Waals surface area (Å²) in [6.07, 6.45) is -0.529. The number of nitrogens with zero attached hydrogens (tertiary/aromatic N) is 1. The molecule has 0 fully saturated rings. The van der Waals surface area contributed by atoms with Gasteiger partial charge >= 0.3 is 5.97 Å². The number of esters is 1. The van der Waals surface area contributed by atoms with E-state index in [9.17, 15) is 4.79 Å². The molecular weight excluding hydrogens is 206 g/mol. The van der Waals surface area contributed by atoms with Gasteiger partial charge in [0.15, 0.2) is 5.69 Å². The Balaban J connectivity index is 2.81. The molecule has 0 unspecified atom stereocenters. The van der Waals surface area contributed by atoms with E-state index in [0.717, 1.165) is 0 Å². The van der Waals surface area contributed by atoms with Crippen LogP contribution in [-0.4, -0.2) is 32.3 Å². The SMILES string of the molecule is COC(=O)c1csc(C(OC)OC)n1. The molecule has 78 valence electrons. The molecule has 0 amide bonds. The molecule has 1 aromatic rings. The highest BCUT2D eigenvalue weighted by molar-refractivity contribution is 7.09. The smallest absolute Gasteiger partial charge is 0.357 e. The molecule has 0 bridgehead atoms. The third kappa shape index (κ3) is 2.28. The van der Waals surface area contributed by atoms with E-state index in [1.165, 1.54) is 32.7 Å². The highest BCUT2D eigenvalue weighted by Crippen LogP contribution is 2.21. The van der Waals surface area contributed by atoms with Gasteiger partial charge in [-0.25, -0.2) is 9.78 Å². The Morgan fingerprint density at radius 1 is 1.43 bits per heavy atom. The minimum atomic E-state index is -0.529. The first kappa shape index (κ1) is 11.1. The lowest BCUT2D eigenvalue weighted by Crippen LogP contribution is -2.05. The van der Waals surface area contributed by atoms with Crippen LogP contribution >= 0.6 is 11.3 Å². The number of thiazole rings is 1. The number of rotatable bonds is 4. The van der Waals surface area contributed by atoms with Crippen molar-refractivity contribution in [1.82, 2.24) is 4.98 Å². The number of aromatic nitrogens is 1. The second-order valence-corrected chi connectivity index (χ2v) is 3.26. The van der Waals surface area contributed by atoms with Crippen molar-refractivity contribution in [1.29, 1.82) is 0 Å². The number of carbonyl (C=O) groups is 1. The molecule has 5 nitrogen and oxygen atoms in total. The van der Waals surface area contributed by atoms with Crippen LogP contribution in [0.1, 0.15) is 21.8 Å². The first-order chi connectivity index (χ1) is 6.72. The quantitative estimate of drug-likeness (QED) is 0.560. The normalized spacial score (nSPS) is 10.6. The van der Waals surface area contributed by atoms with Crippen LogP contribution in [0.2, 0.25) is 0 Å². The molecule has 0 spiro atoms. The Bertz CT molecular complexity index is 308. The van der Waals surface area contributed by atoms with E-state index < -0.39 is 12.3 Å². The minimum absolute atomic E-state index is 0.270. The van der Waals surface area contributed by atoms with Crippen molar-refractivity contribution >= 4 is 17.3 Å². The standard InChI is InChI=1S/C8H11NO4S/c1-11-7(10)5-4-14-6(9-5)8(12-2)13-3/h4,8H,1-3H3. The molecule has 0 saturated heterocycles. The van der Waals surface area contributed by atoms with Crippen LogP contribution in [0.3, 0.4) is 0 Å². The highest BCUT2D eigenvalue weighted by Gasteiger charge is 2.17. The number of methoxy groups -OCH3 is 3. The van der Waals surface area contributed by atoms with Crippen LogP contribution in [0, 0.1) is 0 Å². The maximum atomic E-state index is 11.1. The molecule has 1 heterocycles. The van der Waals surface area contributed by atoms with Gasteiger partial charge in [-0.15, -0.1) is 11.3 Å². The van der Waals surface area contributed by atoms with E-state index in [4.69, 9.17) is 9.47 Å². The van der Waals surface area contributed by atoms with Crippen molar-refractivity contribution in [3.63, 3.8) is 0 Å². The maximum Gasteiger partial charge on any atom is 0.357 e. The van der Waals surface area contributed by atoms with E-state index in [-0.39, 0.29) is 5.69 Å². The van der Waals surface area contributed by atoms with Crippen LogP contribution in [0.25, 0.3) is 0 Å². The minimum Gasteiger partial charge on any atom is -0.464 e. The third-order valence-corrected chi connectivity index (χ3v) is 2.41. The van der Waals surface area contributed by atoms with Gasteiger partial charge in [0.05, 0.1) is 7.11 Å². The van der Waals surface area contributed by atoms with Gasteiger partial charge < -0.3 is 14.2 Å². The summed E-state index contributed by atoms with van der Waals surface area (Å²) >= 11 is 1.29. The fraction of sp³-hybridized carbons (Fsp3) is 0.500. The molecule has 1 rings (SSSR count). The second kappa shape index (κ2) is 5.04. The summed E-state index contributed by atoms with van der Waals surface area (Å²) in [5.74, 6) is -0.460. The molecular formula is C8H11NO4S. The molecule has 1 aromatic heterocycles. The number of hydrogen-bond donors (Lipinski definition) is 0. The van der Waals surface area contributed by atoms with Gasteiger partial charge in [0.1, 0.15) is 5.01 Å². The molecule has 0 aromatic carbocycles. The maximum absolute atomic E-state index is 11.1. The average Bonchev–Trinajstić information content (AvgIpc) is 2.68. The zero-order valence-corrected chi connectivity index (χ0v) is 8.96. The summed E-state index contributed by atoms with van der Waals surface area (Å²) in [6, 6.07) is 0. The van der Waals surface area contributed by atoms with E-state index >= 15 is 0 Å². The fourth-order valence-electron chi connectivity index (χ4n) is 0.892. The first-order valence-electron chi connectivity index (χ1n) is 3.82. The molecule has 0 atom stereocenters. The molecule has 6 heteroatoms. The largest absolute Gasteiger partial charge is 0.464 e. The topological polar surface area (TPSA) is 57.7 Å². The average molecular weight is 217 g/mol. The van der Waals surface area contributed by atoms with Crippen LogP contribution in [0.4, 0.5) is 0 Å². The van der Waals surface area contributed by atoms with Gasteiger partial charge in [0.25, 0.3) is 0 Å². The number of hydrogen-bond acceptors (Lipinski definition) is 6. The summed E-state index contributed by atoms with van der Waals surface area (Å²) in [5.41, 5.74) is 0.270. The van der Waals surface area contributed by atoms with Gasteiger partial charge in [0.2, 0.25) is 6.29 Å². The van der Waals surface area contributed by atoms with Gasteiger partial charge in [0, 0.05) is 19.6 Å². The zero-order chi connectivity index (χ0) is 10.6. The van der Waals surface area contributed by atoms with E-state index in [1.54, 1.807) is 5.38 Å². The lowest BCUT2D eigenvalue weighted by molar-refractivity contribution is -0.106. The Hall–Kier alpha value is -0.980. The second-order valence-electron chi connectivity index (χ2n) is 2.37. The number of carbonyl (C=O) groups excluding carboxylic acids is 1. The van der Waals surface area contributed by atoms with E-state index in [2.05, 4.69) is 9.72 Å². The fourth-order valence-corrected chi connectivity index (χ4v) is 1.73. The summed E-state index contributed by atoms with van der Waals surface area (Å²) in [5, 5.41) is 2.20. The lowest BCUT2D eigenvalue weighted by Gasteiger charge is -2.08. The van der Waals surface area contributed by atoms with Crippen molar-refractivity contribution in [2.24, 2.45) is 0 Å². The summed E-state index contributed by atoms with van der Waals surface area (Å²) in [7, 11) is 4.33. The van der Waals surface area contributed by atoms with Crippen molar-refractivity contribution < 1.29 is 19.0 Å². The van der Waals surface area contributed by atoms with Gasteiger partial charge in [-0.3, -0.25) is 0 Å². The summed E-state index contributed by atoms with van der Waals surface area (Å²) in [6.45, 7) is 0. The van der Waals surface area contributed by atoms with E-state index in [1.807, 2.05) is 0 Å². The van der Waals surface area contributed by atoms with Gasteiger partial charge in [-0.2, -0.15) is 0 Å². The number of ether oxygens (including phenoxy) is 3. The summed E-state index contributed by atoms with van der Waals surface area (Å²) < 4.78 is 14.5. The zero-order valence-electron chi connectivity index (χ0n) is 8.14. The van der Waals surface area contributed by atoms with Crippen molar-refractivity contribution in [2.45, 2.75) is 6.29 Å². The van der Waals surface area contributed by atoms with Crippen molar-refractivity contribution in [3.05, 3.63) is 16.1 Å². The summed E-state index contributed by atoms with van der Waals surface area (Å²) in [4.78, 5) is 15.1. The Labute approximate surface area is 85.6 Å². The van der Waals surface area contributed by atoms with Crippen LogP contribution in [0.5, 0.6) is 0 Å². The molecule has 0 radical (unpaired) electrons. The van der Waals surface area contributed by atoms with Crippen LogP contribution in [-0.2, 0) is 14.2 Å². The van der Waals surface area contributed by atoms with Gasteiger partial charge in [-0.05, 0) is 0 Å². The third-order valence-electron chi connectivity index (χ3n) is 1.55. The highest BCUT2D eigenvalue weighted by atomic mass is 32.1. The van der Waals surface area contributed by atoms with Gasteiger partial charge in [-0.1, -0.05) is 0 Å². The molecule has 14 heavy (non-hydrogen) atoms. The lowest BCUT2D eigenvalue weighted by atomic mass is 10.5. The Kier molecular flexibility index (Phi) is 3.99. The monoisotopic (exact) mass is 217 g/mol. The predicted molar refractivity (Wildman–Crippen MR) is 50.2 cm³/mol. The Morgan fingerprint density at radius 2 is 2.07 bits per heavy atom.